The molecule has 0 aliphatic carbocycles. The molecule has 0 amide bonds. The van der Waals surface area contributed by atoms with Crippen molar-refractivity contribution in [3.05, 3.63) is 47.3 Å². The van der Waals surface area contributed by atoms with E-state index in [1.165, 1.54) is 5.56 Å². The van der Waals surface area contributed by atoms with Gasteiger partial charge in [0.15, 0.2) is 5.96 Å². The molecule has 0 saturated carbocycles. The number of benzene rings is 1. The van der Waals surface area contributed by atoms with Gasteiger partial charge in [0.2, 0.25) is 0 Å². The number of H-pyrrole nitrogens is 1. The Bertz CT molecular complexity index is 622. The standard InChI is InChI=1S/C17H25N5O/c1-4-18-17(20-12-15-8-9-21-22-15)19-11-14-7-6-13(3)10-16(14)23-5-2/h6-10H,4-5,11-12H2,1-3H3,(H,21,22)(H2,18,19,20). The van der Waals surface area contributed by atoms with E-state index in [2.05, 4.69) is 50.9 Å². The molecule has 0 spiro atoms. The van der Waals surface area contributed by atoms with Gasteiger partial charge in [-0.05, 0) is 38.5 Å². The Hall–Kier alpha value is -2.50. The lowest BCUT2D eigenvalue weighted by atomic mass is 10.1. The van der Waals surface area contributed by atoms with Crippen molar-refractivity contribution >= 4 is 5.96 Å². The number of guanidine groups is 1. The lowest BCUT2D eigenvalue weighted by molar-refractivity contribution is 0.336. The summed E-state index contributed by atoms with van der Waals surface area (Å²) < 4.78 is 5.71. The molecule has 124 valence electrons. The predicted molar refractivity (Wildman–Crippen MR) is 92.6 cm³/mol. The second kappa shape index (κ2) is 8.82. The van der Waals surface area contributed by atoms with Crippen LogP contribution in [0.15, 0.2) is 35.5 Å². The van der Waals surface area contributed by atoms with Gasteiger partial charge in [-0.3, -0.25) is 5.10 Å². The van der Waals surface area contributed by atoms with Crippen LogP contribution in [-0.4, -0.2) is 29.3 Å². The third kappa shape index (κ3) is 5.32. The highest BCUT2D eigenvalue weighted by molar-refractivity contribution is 5.79. The second-order valence-corrected chi connectivity index (χ2v) is 5.17. The highest BCUT2D eigenvalue weighted by Crippen LogP contribution is 2.21. The number of aliphatic imine (C=N–C) groups is 1. The summed E-state index contributed by atoms with van der Waals surface area (Å²) in [5.41, 5.74) is 3.28. The Morgan fingerprint density at radius 3 is 2.83 bits per heavy atom. The van der Waals surface area contributed by atoms with Crippen LogP contribution in [0.1, 0.15) is 30.7 Å². The predicted octanol–water partition coefficient (Wildman–Crippen LogP) is 2.37. The van der Waals surface area contributed by atoms with Gasteiger partial charge in [0.25, 0.3) is 0 Å². The van der Waals surface area contributed by atoms with E-state index in [0.29, 0.717) is 19.7 Å². The Balaban J connectivity index is 2.04. The highest BCUT2D eigenvalue weighted by Gasteiger charge is 2.05. The first-order valence-corrected chi connectivity index (χ1v) is 7.95. The van der Waals surface area contributed by atoms with E-state index in [4.69, 9.17) is 4.74 Å². The van der Waals surface area contributed by atoms with Crippen molar-refractivity contribution in [3.63, 3.8) is 0 Å². The van der Waals surface area contributed by atoms with Crippen molar-refractivity contribution < 1.29 is 4.74 Å². The van der Waals surface area contributed by atoms with Gasteiger partial charge < -0.3 is 15.4 Å². The molecular weight excluding hydrogens is 290 g/mol. The average Bonchev–Trinajstić information content (AvgIpc) is 3.05. The number of hydrogen-bond acceptors (Lipinski definition) is 3. The van der Waals surface area contributed by atoms with Crippen molar-refractivity contribution in [2.24, 2.45) is 4.99 Å². The average molecular weight is 315 g/mol. The Kier molecular flexibility index (Phi) is 6.47. The number of nitrogens with zero attached hydrogens (tertiary/aromatic N) is 2. The minimum atomic E-state index is 0.563. The van der Waals surface area contributed by atoms with Gasteiger partial charge in [-0.15, -0.1) is 0 Å². The Labute approximate surface area is 137 Å². The molecule has 3 N–H and O–H groups in total. The first-order chi connectivity index (χ1) is 11.2. The zero-order valence-electron chi connectivity index (χ0n) is 14.0. The van der Waals surface area contributed by atoms with Crippen LogP contribution in [0.5, 0.6) is 5.75 Å². The zero-order valence-corrected chi connectivity index (χ0v) is 14.0. The monoisotopic (exact) mass is 315 g/mol. The van der Waals surface area contributed by atoms with Crippen molar-refractivity contribution in [1.82, 2.24) is 20.8 Å². The minimum absolute atomic E-state index is 0.563. The van der Waals surface area contributed by atoms with Gasteiger partial charge in [-0.25, -0.2) is 4.99 Å². The minimum Gasteiger partial charge on any atom is -0.494 e. The molecule has 2 rings (SSSR count). The molecule has 1 aromatic carbocycles. The molecule has 0 aliphatic heterocycles. The third-order valence-electron chi connectivity index (χ3n) is 3.28. The van der Waals surface area contributed by atoms with Crippen molar-refractivity contribution in [2.75, 3.05) is 13.2 Å². The normalized spacial score (nSPS) is 11.3. The molecule has 1 aromatic heterocycles. The highest BCUT2D eigenvalue weighted by atomic mass is 16.5. The van der Waals surface area contributed by atoms with E-state index in [9.17, 15) is 0 Å². The van der Waals surface area contributed by atoms with Crippen LogP contribution in [0.3, 0.4) is 0 Å². The smallest absolute Gasteiger partial charge is 0.191 e. The first-order valence-electron chi connectivity index (χ1n) is 7.95. The Morgan fingerprint density at radius 1 is 1.26 bits per heavy atom. The fourth-order valence-electron chi connectivity index (χ4n) is 2.15. The summed E-state index contributed by atoms with van der Waals surface area (Å²) in [7, 11) is 0. The summed E-state index contributed by atoms with van der Waals surface area (Å²) >= 11 is 0. The fraction of sp³-hybridized carbons (Fsp3) is 0.412. The lowest BCUT2D eigenvalue weighted by Crippen LogP contribution is -2.36. The molecule has 1 heterocycles. The van der Waals surface area contributed by atoms with Crippen molar-refractivity contribution in [3.8, 4) is 5.75 Å². The van der Waals surface area contributed by atoms with E-state index >= 15 is 0 Å². The third-order valence-corrected chi connectivity index (χ3v) is 3.28. The fourth-order valence-corrected chi connectivity index (χ4v) is 2.15. The molecule has 0 bridgehead atoms. The maximum atomic E-state index is 5.71. The van der Waals surface area contributed by atoms with Crippen molar-refractivity contribution in [1.29, 1.82) is 0 Å². The number of aryl methyl sites for hydroxylation is 1. The van der Waals surface area contributed by atoms with Gasteiger partial charge in [0, 0.05) is 18.3 Å². The summed E-state index contributed by atoms with van der Waals surface area (Å²) in [6.45, 7) is 8.77. The molecule has 23 heavy (non-hydrogen) atoms. The maximum absolute atomic E-state index is 5.71. The molecular formula is C17H25N5O. The SMILES string of the molecule is CCNC(=NCc1ccc(C)cc1OCC)NCc1ccn[nH]1. The number of aromatic amines is 1. The molecule has 0 saturated heterocycles. The molecule has 0 radical (unpaired) electrons. The van der Waals surface area contributed by atoms with E-state index in [1.54, 1.807) is 6.20 Å². The van der Waals surface area contributed by atoms with Crippen LogP contribution in [-0.2, 0) is 13.1 Å². The number of nitrogens with one attached hydrogen (secondary N) is 3. The van der Waals surface area contributed by atoms with Crippen LogP contribution in [0.25, 0.3) is 0 Å². The lowest BCUT2D eigenvalue weighted by Gasteiger charge is -2.12. The van der Waals surface area contributed by atoms with E-state index in [-0.39, 0.29) is 0 Å². The molecule has 6 nitrogen and oxygen atoms in total. The van der Waals surface area contributed by atoms with Crippen LogP contribution >= 0.6 is 0 Å². The molecule has 0 atom stereocenters. The summed E-state index contributed by atoms with van der Waals surface area (Å²) in [4.78, 5) is 4.64. The number of hydrogen-bond donors (Lipinski definition) is 3. The van der Waals surface area contributed by atoms with Crippen LogP contribution in [0.4, 0.5) is 0 Å². The van der Waals surface area contributed by atoms with E-state index < -0.39 is 0 Å². The second-order valence-electron chi connectivity index (χ2n) is 5.17. The van der Waals surface area contributed by atoms with Crippen LogP contribution in [0, 0.1) is 6.92 Å². The molecule has 2 aromatic rings. The van der Waals surface area contributed by atoms with Gasteiger partial charge >= 0.3 is 0 Å². The van der Waals surface area contributed by atoms with E-state index in [1.807, 2.05) is 19.9 Å². The van der Waals surface area contributed by atoms with Crippen LogP contribution in [0.2, 0.25) is 0 Å². The molecule has 0 fully saturated rings. The maximum Gasteiger partial charge on any atom is 0.191 e. The summed E-state index contributed by atoms with van der Waals surface area (Å²) in [6.07, 6.45) is 1.74. The van der Waals surface area contributed by atoms with E-state index in [0.717, 1.165) is 29.5 Å². The zero-order chi connectivity index (χ0) is 16.5. The quantitative estimate of drug-likeness (QED) is 0.542. The molecule has 6 heteroatoms. The van der Waals surface area contributed by atoms with Gasteiger partial charge in [0.1, 0.15) is 5.75 Å². The van der Waals surface area contributed by atoms with Crippen molar-refractivity contribution in [2.45, 2.75) is 33.9 Å². The number of rotatable bonds is 7. The van der Waals surface area contributed by atoms with Gasteiger partial charge in [-0.2, -0.15) is 5.10 Å². The van der Waals surface area contributed by atoms with Gasteiger partial charge in [0.05, 0.1) is 25.4 Å². The molecule has 0 aliphatic rings. The molecule has 0 unspecified atom stereocenters. The number of ether oxygens (including phenoxy) is 1. The number of aromatic nitrogens is 2. The first kappa shape index (κ1) is 16.9. The summed E-state index contributed by atoms with van der Waals surface area (Å²) in [6, 6.07) is 8.14. The Morgan fingerprint density at radius 2 is 2.13 bits per heavy atom. The van der Waals surface area contributed by atoms with Gasteiger partial charge in [-0.1, -0.05) is 12.1 Å². The topological polar surface area (TPSA) is 74.3 Å². The summed E-state index contributed by atoms with van der Waals surface area (Å²) in [5, 5.41) is 13.4. The largest absolute Gasteiger partial charge is 0.494 e. The van der Waals surface area contributed by atoms with Crippen LogP contribution < -0.4 is 15.4 Å². The summed E-state index contributed by atoms with van der Waals surface area (Å²) in [5.74, 6) is 1.67.